The third-order valence-electron chi connectivity index (χ3n) is 5.77. The van der Waals surface area contributed by atoms with Crippen molar-refractivity contribution in [1.82, 2.24) is 4.90 Å². The van der Waals surface area contributed by atoms with Crippen molar-refractivity contribution in [2.75, 3.05) is 42.5 Å². The fourth-order valence-corrected chi connectivity index (χ4v) is 4.27. The number of hydrogen-bond donors (Lipinski definition) is 0. The highest BCUT2D eigenvalue weighted by atomic mass is 15.3. The number of rotatable bonds is 4. The van der Waals surface area contributed by atoms with E-state index in [4.69, 9.17) is 0 Å². The first-order chi connectivity index (χ1) is 12.3. The molecule has 2 heterocycles. The highest BCUT2D eigenvalue weighted by Gasteiger charge is 2.24. The van der Waals surface area contributed by atoms with Crippen molar-refractivity contribution in [1.29, 1.82) is 0 Å². The van der Waals surface area contributed by atoms with E-state index in [0.717, 1.165) is 25.7 Å². The van der Waals surface area contributed by atoms with Crippen LogP contribution in [0.4, 0.5) is 17.1 Å². The summed E-state index contributed by atoms with van der Waals surface area (Å²) in [5, 5.41) is 0. The van der Waals surface area contributed by atoms with Crippen LogP contribution in [0.2, 0.25) is 0 Å². The van der Waals surface area contributed by atoms with Crippen LogP contribution in [-0.2, 0) is 0 Å². The molecule has 4 rings (SSSR count). The van der Waals surface area contributed by atoms with Gasteiger partial charge in [0.25, 0.3) is 0 Å². The summed E-state index contributed by atoms with van der Waals surface area (Å²) in [6.45, 7) is 8.11. The zero-order valence-electron chi connectivity index (χ0n) is 15.3. The molecule has 2 aromatic rings. The molecule has 2 aliphatic heterocycles. The van der Waals surface area contributed by atoms with Gasteiger partial charge in [-0.3, -0.25) is 4.90 Å². The van der Waals surface area contributed by atoms with Gasteiger partial charge in [0, 0.05) is 37.9 Å². The third kappa shape index (κ3) is 3.52. The summed E-state index contributed by atoms with van der Waals surface area (Å²) in [5.41, 5.74) is 4.01. The van der Waals surface area contributed by atoms with Crippen molar-refractivity contribution in [2.24, 2.45) is 0 Å². The molecule has 1 fully saturated rings. The van der Waals surface area contributed by atoms with Gasteiger partial charge >= 0.3 is 0 Å². The molecule has 0 N–H and O–H groups in total. The Balaban J connectivity index is 1.51. The van der Waals surface area contributed by atoms with Gasteiger partial charge in [-0.15, -0.1) is 0 Å². The Labute approximate surface area is 151 Å². The molecule has 0 spiro atoms. The standard InChI is InChI=1S/C22H29N3/c1-19-9-7-8-14-23(19)15-16-24-17-18-25(20-10-3-2-4-11-20)22-13-6-5-12-21(22)24/h2-6,10-13,19H,7-9,14-18H2,1H3. The van der Waals surface area contributed by atoms with Crippen LogP contribution in [0.3, 0.4) is 0 Å². The summed E-state index contributed by atoms with van der Waals surface area (Å²) in [4.78, 5) is 7.71. The number of benzene rings is 2. The Morgan fingerprint density at radius 3 is 2.36 bits per heavy atom. The molecule has 132 valence electrons. The lowest BCUT2D eigenvalue weighted by Gasteiger charge is -2.41. The van der Waals surface area contributed by atoms with Crippen LogP contribution in [0.15, 0.2) is 54.6 Å². The minimum absolute atomic E-state index is 0.745. The number of likely N-dealkylation sites (tertiary alicyclic amines) is 1. The molecule has 0 aliphatic carbocycles. The number of nitrogens with zero attached hydrogens (tertiary/aromatic N) is 3. The lowest BCUT2D eigenvalue weighted by Crippen LogP contribution is -2.45. The summed E-state index contributed by atoms with van der Waals surface area (Å²) in [5.74, 6) is 0. The molecule has 0 bridgehead atoms. The van der Waals surface area contributed by atoms with Crippen LogP contribution in [0, 0.1) is 0 Å². The number of anilines is 3. The summed E-state index contributed by atoms with van der Waals surface area (Å²) >= 11 is 0. The maximum atomic E-state index is 2.68. The topological polar surface area (TPSA) is 9.72 Å². The van der Waals surface area contributed by atoms with E-state index in [0.29, 0.717) is 0 Å². The van der Waals surface area contributed by atoms with Crippen molar-refractivity contribution >= 4 is 17.1 Å². The molecule has 1 unspecified atom stereocenters. The van der Waals surface area contributed by atoms with E-state index >= 15 is 0 Å². The second-order valence-electron chi connectivity index (χ2n) is 7.34. The normalized spacial score (nSPS) is 21.2. The van der Waals surface area contributed by atoms with Crippen LogP contribution in [0.25, 0.3) is 0 Å². The summed E-state index contributed by atoms with van der Waals surface area (Å²) in [6, 6.07) is 20.4. The minimum Gasteiger partial charge on any atom is -0.367 e. The fraction of sp³-hybridized carbons (Fsp3) is 0.455. The smallest absolute Gasteiger partial charge is 0.0649 e. The number of hydrogen-bond acceptors (Lipinski definition) is 3. The molecule has 25 heavy (non-hydrogen) atoms. The zero-order valence-corrected chi connectivity index (χ0v) is 15.3. The monoisotopic (exact) mass is 335 g/mol. The van der Waals surface area contributed by atoms with Crippen molar-refractivity contribution in [2.45, 2.75) is 32.2 Å². The van der Waals surface area contributed by atoms with E-state index in [9.17, 15) is 0 Å². The maximum Gasteiger partial charge on any atom is 0.0649 e. The van der Waals surface area contributed by atoms with Crippen LogP contribution >= 0.6 is 0 Å². The van der Waals surface area contributed by atoms with Crippen LogP contribution < -0.4 is 9.80 Å². The average Bonchev–Trinajstić information content (AvgIpc) is 2.68. The lowest BCUT2D eigenvalue weighted by molar-refractivity contribution is 0.164. The van der Waals surface area contributed by atoms with E-state index in [1.807, 2.05) is 0 Å². The Bertz CT molecular complexity index is 685. The Kier molecular flexibility index (Phi) is 4.93. The minimum atomic E-state index is 0.745. The van der Waals surface area contributed by atoms with Gasteiger partial charge in [0.05, 0.1) is 11.4 Å². The Morgan fingerprint density at radius 1 is 0.800 bits per heavy atom. The van der Waals surface area contributed by atoms with Gasteiger partial charge in [0.2, 0.25) is 0 Å². The van der Waals surface area contributed by atoms with Gasteiger partial charge in [0.15, 0.2) is 0 Å². The predicted molar refractivity (Wildman–Crippen MR) is 107 cm³/mol. The Hall–Kier alpha value is -2.00. The van der Waals surface area contributed by atoms with Crippen molar-refractivity contribution in [3.05, 3.63) is 54.6 Å². The van der Waals surface area contributed by atoms with Crippen LogP contribution in [-0.4, -0.2) is 43.7 Å². The molecular formula is C22H29N3. The molecule has 2 aromatic carbocycles. The number of piperidine rings is 1. The van der Waals surface area contributed by atoms with E-state index in [1.54, 1.807) is 0 Å². The molecule has 3 nitrogen and oxygen atoms in total. The number of fused-ring (bicyclic) bond motifs is 1. The SMILES string of the molecule is CC1CCCCN1CCN1CCN(c2ccccc2)c2ccccc21. The Morgan fingerprint density at radius 2 is 1.56 bits per heavy atom. The second kappa shape index (κ2) is 7.49. The summed E-state index contributed by atoms with van der Waals surface area (Å²) in [7, 11) is 0. The number of para-hydroxylation sites is 3. The van der Waals surface area contributed by atoms with E-state index in [1.165, 1.54) is 49.4 Å². The van der Waals surface area contributed by atoms with Gasteiger partial charge in [0.1, 0.15) is 0 Å². The molecular weight excluding hydrogens is 306 g/mol. The van der Waals surface area contributed by atoms with E-state index in [2.05, 4.69) is 76.2 Å². The quantitative estimate of drug-likeness (QED) is 0.813. The van der Waals surface area contributed by atoms with Crippen molar-refractivity contribution in [3.8, 4) is 0 Å². The van der Waals surface area contributed by atoms with Gasteiger partial charge in [-0.25, -0.2) is 0 Å². The summed E-state index contributed by atoms with van der Waals surface area (Å²) < 4.78 is 0. The van der Waals surface area contributed by atoms with Gasteiger partial charge in [-0.1, -0.05) is 36.8 Å². The highest BCUT2D eigenvalue weighted by Crippen LogP contribution is 2.37. The third-order valence-corrected chi connectivity index (χ3v) is 5.77. The molecule has 0 radical (unpaired) electrons. The van der Waals surface area contributed by atoms with E-state index < -0.39 is 0 Å². The molecule has 3 heteroatoms. The molecule has 1 atom stereocenters. The average molecular weight is 335 g/mol. The van der Waals surface area contributed by atoms with Gasteiger partial charge < -0.3 is 9.80 Å². The predicted octanol–water partition coefficient (Wildman–Crippen LogP) is 4.52. The first kappa shape index (κ1) is 16.5. The van der Waals surface area contributed by atoms with Gasteiger partial charge in [-0.05, 0) is 50.6 Å². The van der Waals surface area contributed by atoms with Crippen molar-refractivity contribution in [3.63, 3.8) is 0 Å². The van der Waals surface area contributed by atoms with Crippen LogP contribution in [0.5, 0.6) is 0 Å². The molecule has 0 amide bonds. The first-order valence-electron chi connectivity index (χ1n) is 9.73. The maximum absolute atomic E-state index is 2.68. The summed E-state index contributed by atoms with van der Waals surface area (Å²) in [6.07, 6.45) is 4.12. The highest BCUT2D eigenvalue weighted by molar-refractivity contribution is 5.79. The first-order valence-corrected chi connectivity index (χ1v) is 9.73. The van der Waals surface area contributed by atoms with Gasteiger partial charge in [-0.2, -0.15) is 0 Å². The van der Waals surface area contributed by atoms with Crippen LogP contribution in [0.1, 0.15) is 26.2 Å². The molecule has 0 aromatic heterocycles. The molecule has 0 saturated carbocycles. The van der Waals surface area contributed by atoms with E-state index in [-0.39, 0.29) is 0 Å². The largest absolute Gasteiger partial charge is 0.367 e. The second-order valence-corrected chi connectivity index (χ2v) is 7.34. The molecule has 2 aliphatic rings. The fourth-order valence-electron chi connectivity index (χ4n) is 4.27. The van der Waals surface area contributed by atoms with Crippen molar-refractivity contribution < 1.29 is 0 Å². The molecule has 1 saturated heterocycles. The lowest BCUT2D eigenvalue weighted by atomic mass is 10.0. The zero-order chi connectivity index (χ0) is 17.1.